The fourth-order valence-electron chi connectivity index (χ4n) is 2.41. The Kier molecular flexibility index (Phi) is 5.39. The van der Waals surface area contributed by atoms with Crippen LogP contribution >= 0.6 is 0 Å². The molecule has 0 aromatic heterocycles. The van der Waals surface area contributed by atoms with E-state index in [1.165, 1.54) is 36.4 Å². The minimum absolute atomic E-state index is 0.344. The molecule has 2 N–H and O–H groups in total. The van der Waals surface area contributed by atoms with Gasteiger partial charge in [0.25, 0.3) is 11.8 Å². The van der Waals surface area contributed by atoms with Gasteiger partial charge in [-0.25, -0.2) is 17.6 Å². The molecule has 4 nitrogen and oxygen atoms in total. The third-order valence-corrected chi connectivity index (χ3v) is 3.79. The van der Waals surface area contributed by atoms with Crippen LogP contribution in [0.5, 0.6) is 0 Å². The Morgan fingerprint density at radius 2 is 0.964 bits per heavy atom. The Balaban J connectivity index is 1.87. The summed E-state index contributed by atoms with van der Waals surface area (Å²) in [7, 11) is 0. The summed E-state index contributed by atoms with van der Waals surface area (Å²) in [4.78, 5) is 24.2. The summed E-state index contributed by atoms with van der Waals surface area (Å²) < 4.78 is 55.4. The van der Waals surface area contributed by atoms with E-state index < -0.39 is 46.5 Å². The Bertz CT molecular complexity index is 989. The third kappa shape index (κ3) is 4.01. The van der Waals surface area contributed by atoms with Gasteiger partial charge < -0.3 is 10.6 Å². The second-order valence-electron chi connectivity index (χ2n) is 5.68. The number of anilines is 2. The highest BCUT2D eigenvalue weighted by molar-refractivity contribution is 6.06. The molecule has 2 amide bonds. The zero-order valence-corrected chi connectivity index (χ0v) is 14.1. The normalized spacial score (nSPS) is 10.4. The van der Waals surface area contributed by atoms with Gasteiger partial charge in [-0.2, -0.15) is 0 Å². The fraction of sp³-hybridized carbons (Fsp3) is 0. The summed E-state index contributed by atoms with van der Waals surface area (Å²) >= 11 is 0. The standard InChI is InChI=1S/C20H12F4N2O2/c21-13-7-3-1-5-11(13)19(27)25-17-10-18(16(24)9-15(17)23)26-20(28)12-6-2-4-8-14(12)22/h1-10H,(H,25,27)(H,26,28). The lowest BCUT2D eigenvalue weighted by Crippen LogP contribution is -2.17. The maximum absolute atomic E-state index is 14.0. The zero-order chi connectivity index (χ0) is 20.3. The lowest BCUT2D eigenvalue weighted by Gasteiger charge is -2.12. The number of carbonyl (C=O) groups is 2. The van der Waals surface area contributed by atoms with Gasteiger partial charge in [-0.1, -0.05) is 24.3 Å². The van der Waals surface area contributed by atoms with Crippen LogP contribution in [-0.2, 0) is 0 Å². The molecule has 3 aromatic rings. The van der Waals surface area contributed by atoms with Crippen LogP contribution in [0.15, 0.2) is 60.7 Å². The second-order valence-corrected chi connectivity index (χ2v) is 5.68. The smallest absolute Gasteiger partial charge is 0.258 e. The largest absolute Gasteiger partial charge is 0.319 e. The van der Waals surface area contributed by atoms with Gasteiger partial charge in [0.05, 0.1) is 22.5 Å². The van der Waals surface area contributed by atoms with Crippen LogP contribution in [-0.4, -0.2) is 11.8 Å². The van der Waals surface area contributed by atoms with E-state index in [1.54, 1.807) is 0 Å². The van der Waals surface area contributed by atoms with Gasteiger partial charge in [0.2, 0.25) is 0 Å². The minimum atomic E-state index is -1.13. The number of halogens is 4. The number of hydrogen-bond donors (Lipinski definition) is 2. The molecule has 3 aromatic carbocycles. The van der Waals surface area contributed by atoms with E-state index in [-0.39, 0.29) is 11.1 Å². The maximum atomic E-state index is 14.0. The monoisotopic (exact) mass is 388 g/mol. The van der Waals surface area contributed by atoms with Crippen LogP contribution in [0.25, 0.3) is 0 Å². The first-order valence-corrected chi connectivity index (χ1v) is 7.97. The minimum Gasteiger partial charge on any atom is -0.319 e. The van der Waals surface area contributed by atoms with E-state index in [9.17, 15) is 27.2 Å². The summed E-state index contributed by atoms with van der Waals surface area (Å²) in [6.45, 7) is 0. The van der Waals surface area contributed by atoms with Gasteiger partial charge >= 0.3 is 0 Å². The fourth-order valence-corrected chi connectivity index (χ4v) is 2.41. The first-order chi connectivity index (χ1) is 13.4. The highest BCUT2D eigenvalue weighted by Gasteiger charge is 2.18. The van der Waals surface area contributed by atoms with Gasteiger partial charge in [-0.15, -0.1) is 0 Å². The predicted molar refractivity (Wildman–Crippen MR) is 95.1 cm³/mol. The molecular formula is C20H12F4N2O2. The van der Waals surface area contributed by atoms with Crippen LogP contribution in [0.2, 0.25) is 0 Å². The van der Waals surface area contributed by atoms with Crippen LogP contribution in [0, 0.1) is 23.3 Å². The van der Waals surface area contributed by atoms with Crippen molar-refractivity contribution in [2.24, 2.45) is 0 Å². The van der Waals surface area contributed by atoms with Crippen LogP contribution < -0.4 is 10.6 Å². The highest BCUT2D eigenvalue weighted by atomic mass is 19.1. The Morgan fingerprint density at radius 3 is 1.36 bits per heavy atom. The van der Waals surface area contributed by atoms with Gasteiger partial charge in [-0.05, 0) is 30.3 Å². The Morgan fingerprint density at radius 1 is 0.571 bits per heavy atom. The van der Waals surface area contributed by atoms with Crippen molar-refractivity contribution in [3.63, 3.8) is 0 Å². The zero-order valence-electron chi connectivity index (χ0n) is 14.1. The van der Waals surface area contributed by atoms with Crippen molar-refractivity contribution in [2.45, 2.75) is 0 Å². The topological polar surface area (TPSA) is 58.2 Å². The van der Waals surface area contributed by atoms with Crippen molar-refractivity contribution in [3.8, 4) is 0 Å². The quantitative estimate of drug-likeness (QED) is 0.634. The van der Waals surface area contributed by atoms with E-state index in [1.807, 2.05) is 0 Å². The van der Waals surface area contributed by atoms with E-state index >= 15 is 0 Å². The Hall–Kier alpha value is -3.68. The van der Waals surface area contributed by atoms with Crippen LogP contribution in [0.1, 0.15) is 20.7 Å². The third-order valence-electron chi connectivity index (χ3n) is 3.79. The number of hydrogen-bond acceptors (Lipinski definition) is 2. The molecule has 0 radical (unpaired) electrons. The molecule has 0 heterocycles. The molecule has 0 saturated carbocycles. The van der Waals surface area contributed by atoms with Gasteiger partial charge in [0.1, 0.15) is 23.3 Å². The highest BCUT2D eigenvalue weighted by Crippen LogP contribution is 2.25. The van der Waals surface area contributed by atoms with E-state index in [0.717, 1.165) is 18.2 Å². The molecule has 0 bridgehead atoms. The van der Waals surface area contributed by atoms with Crippen molar-refractivity contribution in [3.05, 3.63) is 95.1 Å². The van der Waals surface area contributed by atoms with E-state index in [0.29, 0.717) is 6.07 Å². The average Bonchev–Trinajstić information content (AvgIpc) is 2.66. The molecule has 0 saturated heterocycles. The van der Waals surface area contributed by atoms with E-state index in [2.05, 4.69) is 10.6 Å². The van der Waals surface area contributed by atoms with Crippen LogP contribution in [0.4, 0.5) is 28.9 Å². The lowest BCUT2D eigenvalue weighted by atomic mass is 10.1. The molecule has 0 atom stereocenters. The molecule has 3 rings (SSSR count). The molecule has 0 aliphatic carbocycles. The van der Waals surface area contributed by atoms with Gasteiger partial charge in [0, 0.05) is 6.07 Å². The van der Waals surface area contributed by atoms with Crippen molar-refractivity contribution >= 4 is 23.2 Å². The molecule has 142 valence electrons. The first kappa shape index (κ1) is 19.1. The molecule has 0 spiro atoms. The predicted octanol–water partition coefficient (Wildman–Crippen LogP) is 4.75. The van der Waals surface area contributed by atoms with Crippen molar-refractivity contribution in [1.82, 2.24) is 0 Å². The lowest BCUT2D eigenvalue weighted by molar-refractivity contribution is 0.101. The van der Waals surface area contributed by atoms with Crippen molar-refractivity contribution in [1.29, 1.82) is 0 Å². The van der Waals surface area contributed by atoms with E-state index in [4.69, 9.17) is 0 Å². The van der Waals surface area contributed by atoms with Gasteiger partial charge in [-0.3, -0.25) is 9.59 Å². The number of nitrogens with one attached hydrogen (secondary N) is 2. The molecule has 0 aliphatic rings. The summed E-state index contributed by atoms with van der Waals surface area (Å²) in [5.74, 6) is -5.84. The SMILES string of the molecule is O=C(Nc1cc(NC(=O)c2ccccc2F)c(F)cc1F)c1ccccc1F. The molecule has 8 heteroatoms. The molecule has 0 fully saturated rings. The molecule has 0 aliphatic heterocycles. The van der Waals surface area contributed by atoms with Crippen molar-refractivity contribution in [2.75, 3.05) is 10.6 Å². The number of amides is 2. The second kappa shape index (κ2) is 7.91. The molecular weight excluding hydrogens is 376 g/mol. The summed E-state index contributed by atoms with van der Waals surface area (Å²) in [6, 6.07) is 11.3. The Labute approximate surface area is 156 Å². The van der Waals surface area contributed by atoms with Crippen molar-refractivity contribution < 1.29 is 27.2 Å². The summed E-state index contributed by atoms with van der Waals surface area (Å²) in [6.07, 6.45) is 0. The average molecular weight is 388 g/mol. The number of carbonyl (C=O) groups excluding carboxylic acids is 2. The summed E-state index contributed by atoms with van der Waals surface area (Å²) in [5.41, 5.74) is -1.66. The molecule has 0 unspecified atom stereocenters. The van der Waals surface area contributed by atoms with Gasteiger partial charge in [0.15, 0.2) is 0 Å². The van der Waals surface area contributed by atoms with Crippen LogP contribution in [0.3, 0.4) is 0 Å². The summed E-state index contributed by atoms with van der Waals surface area (Å²) in [5, 5.41) is 4.23. The maximum Gasteiger partial charge on any atom is 0.258 e. The number of benzene rings is 3. The molecule has 28 heavy (non-hydrogen) atoms. The number of rotatable bonds is 4. The first-order valence-electron chi connectivity index (χ1n) is 7.97.